The van der Waals surface area contributed by atoms with Crippen LogP contribution in [0.15, 0.2) is 24.3 Å². The second-order valence-corrected chi connectivity index (χ2v) is 4.57. The number of nitrogens with zero attached hydrogens (tertiary/aromatic N) is 2. The molecule has 0 aliphatic heterocycles. The molecule has 0 spiro atoms. The van der Waals surface area contributed by atoms with Crippen molar-refractivity contribution in [2.45, 2.75) is 19.8 Å². The molecule has 0 fully saturated rings. The van der Waals surface area contributed by atoms with Crippen molar-refractivity contribution in [2.75, 3.05) is 13.1 Å². The molecule has 0 aliphatic carbocycles. The van der Waals surface area contributed by atoms with Gasteiger partial charge in [0.15, 0.2) is 0 Å². The average Bonchev–Trinajstić information content (AvgIpc) is 2.82. The number of amides is 2. The van der Waals surface area contributed by atoms with Gasteiger partial charge < -0.3 is 15.7 Å². The van der Waals surface area contributed by atoms with Gasteiger partial charge in [0.25, 0.3) is 0 Å². The SMILES string of the molecule is CCCNC(=O)n1c(CCNC(=O)O)nc2ccccc21. The number of fused-ring (bicyclic) bond motifs is 1. The summed E-state index contributed by atoms with van der Waals surface area (Å²) in [6.45, 7) is 2.77. The molecule has 0 radical (unpaired) electrons. The Balaban J connectivity index is 2.29. The molecule has 0 saturated carbocycles. The molecule has 112 valence electrons. The van der Waals surface area contributed by atoms with Gasteiger partial charge in [0.05, 0.1) is 11.0 Å². The number of benzene rings is 1. The van der Waals surface area contributed by atoms with E-state index in [1.54, 1.807) is 0 Å². The van der Waals surface area contributed by atoms with Crippen LogP contribution >= 0.6 is 0 Å². The van der Waals surface area contributed by atoms with Crippen molar-refractivity contribution in [3.63, 3.8) is 0 Å². The molecule has 1 aromatic carbocycles. The maximum Gasteiger partial charge on any atom is 0.404 e. The van der Waals surface area contributed by atoms with Crippen molar-refractivity contribution in [1.82, 2.24) is 20.2 Å². The Bertz CT molecular complexity index is 651. The highest BCUT2D eigenvalue weighted by atomic mass is 16.4. The normalized spacial score (nSPS) is 10.5. The van der Waals surface area contributed by atoms with E-state index in [0.29, 0.717) is 18.8 Å². The van der Waals surface area contributed by atoms with Crippen LogP contribution in [0.2, 0.25) is 0 Å². The van der Waals surface area contributed by atoms with E-state index in [1.165, 1.54) is 4.57 Å². The topological polar surface area (TPSA) is 96.2 Å². The minimum absolute atomic E-state index is 0.208. The van der Waals surface area contributed by atoms with Gasteiger partial charge >= 0.3 is 12.1 Å². The molecule has 0 unspecified atom stereocenters. The summed E-state index contributed by atoms with van der Waals surface area (Å²) < 4.78 is 1.51. The first-order chi connectivity index (χ1) is 10.1. The van der Waals surface area contributed by atoms with Gasteiger partial charge in [-0.2, -0.15) is 0 Å². The van der Waals surface area contributed by atoms with Crippen LogP contribution in [0.4, 0.5) is 9.59 Å². The van der Waals surface area contributed by atoms with E-state index in [-0.39, 0.29) is 12.6 Å². The molecule has 7 heteroatoms. The Labute approximate surface area is 122 Å². The highest BCUT2D eigenvalue weighted by molar-refractivity contribution is 5.90. The van der Waals surface area contributed by atoms with Crippen molar-refractivity contribution >= 4 is 23.2 Å². The number of nitrogens with one attached hydrogen (secondary N) is 2. The number of rotatable bonds is 5. The largest absolute Gasteiger partial charge is 0.465 e. The lowest BCUT2D eigenvalue weighted by atomic mass is 10.3. The van der Waals surface area contributed by atoms with Crippen LogP contribution in [0.1, 0.15) is 19.2 Å². The number of carboxylic acid groups (broad SMARTS) is 1. The van der Waals surface area contributed by atoms with Crippen molar-refractivity contribution in [1.29, 1.82) is 0 Å². The lowest BCUT2D eigenvalue weighted by molar-refractivity contribution is 0.194. The molecular weight excluding hydrogens is 272 g/mol. The number of hydrogen-bond acceptors (Lipinski definition) is 3. The Morgan fingerprint density at radius 1 is 1.24 bits per heavy atom. The third-order valence-electron chi connectivity index (χ3n) is 2.98. The predicted octanol–water partition coefficient (Wildman–Crippen LogP) is 1.81. The first-order valence-corrected chi connectivity index (χ1v) is 6.85. The number of aromatic nitrogens is 2. The maximum absolute atomic E-state index is 12.3. The van der Waals surface area contributed by atoms with Gasteiger partial charge in [0.2, 0.25) is 0 Å². The molecule has 3 N–H and O–H groups in total. The van der Waals surface area contributed by atoms with E-state index in [4.69, 9.17) is 5.11 Å². The van der Waals surface area contributed by atoms with Crippen LogP contribution in [0.25, 0.3) is 11.0 Å². The zero-order chi connectivity index (χ0) is 15.2. The second kappa shape index (κ2) is 6.74. The lowest BCUT2D eigenvalue weighted by Crippen LogP contribution is -2.31. The summed E-state index contributed by atoms with van der Waals surface area (Å²) in [5, 5.41) is 13.7. The van der Waals surface area contributed by atoms with E-state index >= 15 is 0 Å². The molecule has 2 amide bonds. The van der Waals surface area contributed by atoms with Crippen LogP contribution in [0.5, 0.6) is 0 Å². The Morgan fingerprint density at radius 2 is 2.00 bits per heavy atom. The number of imidazole rings is 1. The van der Waals surface area contributed by atoms with Crippen LogP contribution in [0, 0.1) is 0 Å². The summed E-state index contributed by atoms with van der Waals surface area (Å²) in [5.74, 6) is 0.540. The molecule has 1 aromatic heterocycles. The molecule has 7 nitrogen and oxygen atoms in total. The number of carbonyl (C=O) groups excluding carboxylic acids is 1. The standard InChI is InChI=1S/C14H18N4O3/c1-2-8-15-13(19)18-11-6-4-3-5-10(11)17-12(18)7-9-16-14(20)21/h3-6,16H,2,7-9H2,1H3,(H,15,19)(H,20,21). The maximum atomic E-state index is 12.3. The van der Waals surface area contributed by atoms with Crippen LogP contribution in [-0.2, 0) is 6.42 Å². The summed E-state index contributed by atoms with van der Waals surface area (Å²) in [4.78, 5) is 27.2. The van der Waals surface area contributed by atoms with E-state index in [1.807, 2.05) is 31.2 Å². The number of para-hydroxylation sites is 2. The minimum Gasteiger partial charge on any atom is -0.465 e. The molecule has 21 heavy (non-hydrogen) atoms. The molecule has 0 aliphatic rings. The van der Waals surface area contributed by atoms with Crippen molar-refractivity contribution in [3.05, 3.63) is 30.1 Å². The third-order valence-corrected chi connectivity index (χ3v) is 2.98. The van der Waals surface area contributed by atoms with E-state index < -0.39 is 6.09 Å². The van der Waals surface area contributed by atoms with E-state index in [9.17, 15) is 9.59 Å². The van der Waals surface area contributed by atoms with Crippen LogP contribution < -0.4 is 10.6 Å². The summed E-state index contributed by atoms with van der Waals surface area (Å²) >= 11 is 0. The Hall–Kier alpha value is -2.57. The van der Waals surface area contributed by atoms with Crippen molar-refractivity contribution < 1.29 is 14.7 Å². The molecular formula is C14H18N4O3. The molecule has 0 atom stereocenters. The number of hydrogen-bond donors (Lipinski definition) is 3. The van der Waals surface area contributed by atoms with Crippen LogP contribution in [0.3, 0.4) is 0 Å². The zero-order valence-corrected chi connectivity index (χ0v) is 11.8. The fourth-order valence-electron chi connectivity index (χ4n) is 2.06. The fourth-order valence-corrected chi connectivity index (χ4v) is 2.06. The molecule has 2 aromatic rings. The highest BCUT2D eigenvalue weighted by Gasteiger charge is 2.15. The van der Waals surface area contributed by atoms with E-state index in [2.05, 4.69) is 15.6 Å². The zero-order valence-electron chi connectivity index (χ0n) is 11.8. The average molecular weight is 290 g/mol. The summed E-state index contributed by atoms with van der Waals surface area (Å²) in [6.07, 6.45) is 0.0996. The molecule has 1 heterocycles. The van der Waals surface area contributed by atoms with Gasteiger partial charge in [-0.15, -0.1) is 0 Å². The Kier molecular flexibility index (Phi) is 4.76. The van der Waals surface area contributed by atoms with Crippen molar-refractivity contribution in [2.24, 2.45) is 0 Å². The molecule has 2 rings (SSSR count). The Morgan fingerprint density at radius 3 is 2.71 bits per heavy atom. The predicted molar refractivity (Wildman–Crippen MR) is 78.6 cm³/mol. The summed E-state index contributed by atoms with van der Waals surface area (Å²) in [6, 6.07) is 7.10. The molecule has 0 bridgehead atoms. The number of carbonyl (C=O) groups is 2. The van der Waals surface area contributed by atoms with Crippen molar-refractivity contribution in [3.8, 4) is 0 Å². The molecule has 0 saturated heterocycles. The first-order valence-electron chi connectivity index (χ1n) is 6.85. The first kappa shape index (κ1) is 14.8. The van der Waals surface area contributed by atoms with E-state index in [0.717, 1.165) is 17.5 Å². The van der Waals surface area contributed by atoms with Gasteiger partial charge in [-0.1, -0.05) is 19.1 Å². The van der Waals surface area contributed by atoms with Gasteiger partial charge in [-0.3, -0.25) is 0 Å². The van der Waals surface area contributed by atoms with Gasteiger partial charge in [0, 0.05) is 19.5 Å². The third kappa shape index (κ3) is 3.50. The monoisotopic (exact) mass is 290 g/mol. The smallest absolute Gasteiger partial charge is 0.404 e. The minimum atomic E-state index is -1.09. The highest BCUT2D eigenvalue weighted by Crippen LogP contribution is 2.16. The van der Waals surface area contributed by atoms with Gasteiger partial charge in [-0.25, -0.2) is 19.1 Å². The van der Waals surface area contributed by atoms with Gasteiger partial charge in [0.1, 0.15) is 5.82 Å². The lowest BCUT2D eigenvalue weighted by Gasteiger charge is -2.09. The van der Waals surface area contributed by atoms with Gasteiger partial charge in [-0.05, 0) is 18.6 Å². The fraction of sp³-hybridized carbons (Fsp3) is 0.357. The van der Waals surface area contributed by atoms with Crippen LogP contribution in [-0.4, -0.2) is 39.9 Å². The summed E-state index contributed by atoms with van der Waals surface area (Å²) in [5.41, 5.74) is 1.44. The quantitative estimate of drug-likeness (QED) is 0.782. The summed E-state index contributed by atoms with van der Waals surface area (Å²) in [7, 11) is 0. The second-order valence-electron chi connectivity index (χ2n) is 4.57.